The maximum absolute atomic E-state index is 13.0. The summed E-state index contributed by atoms with van der Waals surface area (Å²) in [6.45, 7) is 3.91. The molecule has 1 atom stereocenters. The second kappa shape index (κ2) is 15.3. The van der Waals surface area contributed by atoms with E-state index in [1.807, 2.05) is 72.6 Å². The second-order valence-corrected chi connectivity index (χ2v) is 12.3. The molecular formula is C38H44N4O5. The van der Waals surface area contributed by atoms with E-state index in [2.05, 4.69) is 9.98 Å². The number of aromatic nitrogens is 2. The predicted octanol–water partition coefficient (Wildman–Crippen LogP) is 7.60. The van der Waals surface area contributed by atoms with E-state index in [1.54, 1.807) is 17.7 Å². The number of ether oxygens (including phenoxy) is 3. The molecule has 47 heavy (non-hydrogen) atoms. The standard InChI is InChI=1S/C38H44N4O5/c1-27-40-33-16-10-9-15-31(33)38(44)42(27)28-17-19-30(20-18-28)46-22-11-7-5-3-4-6-8-12-23-47-36-25-34-32(24-35(36)45-2)37(43)41-21-13-14-29(41)26-39-34/h9-10,15-20,24-26,29H,3-8,11-14,21-23H2,1-2H3/t29-/m0/s1. The lowest BCUT2D eigenvalue weighted by molar-refractivity contribution is 0.0774. The topological polar surface area (TPSA) is 95.2 Å². The van der Waals surface area contributed by atoms with Crippen LogP contribution in [-0.2, 0) is 0 Å². The number of benzene rings is 3. The molecule has 0 radical (unpaired) electrons. The van der Waals surface area contributed by atoms with Crippen LogP contribution >= 0.6 is 0 Å². The Balaban J connectivity index is 0.848. The van der Waals surface area contributed by atoms with Gasteiger partial charge >= 0.3 is 0 Å². The minimum absolute atomic E-state index is 0.0217. The number of unbranched alkanes of at least 4 members (excludes halogenated alkanes) is 7. The number of nitrogens with zero attached hydrogens (tertiary/aromatic N) is 4. The summed E-state index contributed by atoms with van der Waals surface area (Å²) in [7, 11) is 1.61. The summed E-state index contributed by atoms with van der Waals surface area (Å²) in [5.41, 5.74) is 2.68. The van der Waals surface area contributed by atoms with E-state index < -0.39 is 0 Å². The van der Waals surface area contributed by atoms with Gasteiger partial charge in [-0.05, 0) is 75.1 Å². The van der Waals surface area contributed by atoms with Crippen molar-refractivity contribution < 1.29 is 19.0 Å². The van der Waals surface area contributed by atoms with Crippen molar-refractivity contribution in [1.82, 2.24) is 14.5 Å². The Bertz CT molecular complexity index is 1780. The van der Waals surface area contributed by atoms with Crippen LogP contribution in [-0.4, -0.2) is 59.5 Å². The van der Waals surface area contributed by atoms with Gasteiger partial charge < -0.3 is 19.1 Å². The number of carbonyl (C=O) groups is 1. The van der Waals surface area contributed by atoms with Crippen LogP contribution in [0.15, 0.2) is 70.5 Å². The lowest BCUT2D eigenvalue weighted by Gasteiger charge is -2.20. The van der Waals surface area contributed by atoms with E-state index >= 15 is 0 Å². The molecule has 0 unspecified atom stereocenters. The highest BCUT2D eigenvalue weighted by Crippen LogP contribution is 2.38. The molecule has 2 aliphatic rings. The van der Waals surface area contributed by atoms with Gasteiger partial charge in [-0.15, -0.1) is 0 Å². The van der Waals surface area contributed by atoms with Gasteiger partial charge in [0.25, 0.3) is 11.5 Å². The largest absolute Gasteiger partial charge is 0.494 e. The summed E-state index contributed by atoms with van der Waals surface area (Å²) >= 11 is 0. The van der Waals surface area contributed by atoms with E-state index in [-0.39, 0.29) is 17.5 Å². The first-order valence-corrected chi connectivity index (χ1v) is 16.9. The quantitative estimate of drug-likeness (QED) is 0.125. The first kappa shape index (κ1) is 32.3. The van der Waals surface area contributed by atoms with Crippen LogP contribution in [0.3, 0.4) is 0 Å². The van der Waals surface area contributed by atoms with E-state index in [9.17, 15) is 9.59 Å². The van der Waals surface area contributed by atoms with Gasteiger partial charge in [0.05, 0.1) is 54.2 Å². The molecule has 0 bridgehead atoms. The lowest BCUT2D eigenvalue weighted by Crippen LogP contribution is -2.35. The molecule has 3 heterocycles. The van der Waals surface area contributed by atoms with Crippen molar-refractivity contribution in [2.45, 2.75) is 77.2 Å². The molecule has 0 N–H and O–H groups in total. The Morgan fingerprint density at radius 2 is 1.53 bits per heavy atom. The van der Waals surface area contributed by atoms with Crippen molar-refractivity contribution in [3.8, 4) is 22.9 Å². The number of para-hydroxylation sites is 1. The Kier molecular flexibility index (Phi) is 10.5. The number of carbonyl (C=O) groups excluding carboxylic acids is 1. The summed E-state index contributed by atoms with van der Waals surface area (Å²) in [4.78, 5) is 37.2. The fourth-order valence-electron chi connectivity index (χ4n) is 6.50. The molecule has 1 saturated heterocycles. The minimum Gasteiger partial charge on any atom is -0.494 e. The monoisotopic (exact) mass is 636 g/mol. The molecule has 0 spiro atoms. The van der Waals surface area contributed by atoms with Crippen molar-refractivity contribution in [3.63, 3.8) is 0 Å². The van der Waals surface area contributed by atoms with Crippen LogP contribution in [0, 0.1) is 6.92 Å². The number of hydrogen-bond donors (Lipinski definition) is 0. The zero-order valence-electron chi connectivity index (χ0n) is 27.5. The van der Waals surface area contributed by atoms with Crippen molar-refractivity contribution in [2.75, 3.05) is 26.9 Å². The van der Waals surface area contributed by atoms with Gasteiger partial charge in [-0.2, -0.15) is 0 Å². The highest BCUT2D eigenvalue weighted by Gasteiger charge is 2.32. The SMILES string of the molecule is COc1cc2c(cc1OCCCCCCCCCCOc1ccc(-n3c(C)nc4ccccc4c3=O)cc1)N=C[C@@H]1CCCN1C2=O. The molecule has 2 aliphatic heterocycles. The van der Waals surface area contributed by atoms with Crippen LogP contribution in [0.2, 0.25) is 0 Å². The molecule has 6 rings (SSSR count). The predicted molar refractivity (Wildman–Crippen MR) is 185 cm³/mol. The van der Waals surface area contributed by atoms with Crippen LogP contribution in [0.25, 0.3) is 16.6 Å². The third kappa shape index (κ3) is 7.50. The number of amides is 1. The molecule has 1 fully saturated rings. The Labute approximate surface area is 276 Å². The average Bonchev–Trinajstić information content (AvgIpc) is 3.52. The molecule has 0 saturated carbocycles. The molecule has 3 aromatic carbocycles. The van der Waals surface area contributed by atoms with Crippen LogP contribution < -0.4 is 19.8 Å². The van der Waals surface area contributed by atoms with Crippen LogP contribution in [0.1, 0.15) is 80.4 Å². The van der Waals surface area contributed by atoms with Gasteiger partial charge in [-0.25, -0.2) is 4.98 Å². The number of fused-ring (bicyclic) bond motifs is 3. The molecule has 246 valence electrons. The van der Waals surface area contributed by atoms with Crippen molar-refractivity contribution in [3.05, 3.63) is 82.4 Å². The number of rotatable bonds is 15. The first-order chi connectivity index (χ1) is 23.0. The van der Waals surface area contributed by atoms with Gasteiger partial charge in [0.1, 0.15) is 11.6 Å². The molecule has 1 aromatic heterocycles. The fourth-order valence-corrected chi connectivity index (χ4v) is 6.50. The fraction of sp³-hybridized carbons (Fsp3) is 0.421. The van der Waals surface area contributed by atoms with E-state index in [1.165, 1.54) is 25.7 Å². The highest BCUT2D eigenvalue weighted by molar-refractivity contribution is 6.03. The third-order valence-corrected chi connectivity index (χ3v) is 9.06. The molecule has 9 nitrogen and oxygen atoms in total. The number of aliphatic imine (C=N–C) groups is 1. The molecule has 9 heteroatoms. The van der Waals surface area contributed by atoms with Gasteiger partial charge in [0.15, 0.2) is 11.5 Å². The molecule has 4 aromatic rings. The summed E-state index contributed by atoms with van der Waals surface area (Å²) in [5.74, 6) is 2.71. The average molecular weight is 637 g/mol. The van der Waals surface area contributed by atoms with Gasteiger partial charge in [-0.1, -0.05) is 50.7 Å². The summed E-state index contributed by atoms with van der Waals surface area (Å²) in [6.07, 6.45) is 12.9. The smallest absolute Gasteiger partial charge is 0.265 e. The summed E-state index contributed by atoms with van der Waals surface area (Å²) < 4.78 is 19.2. The van der Waals surface area contributed by atoms with Crippen LogP contribution in [0.5, 0.6) is 17.2 Å². The zero-order chi connectivity index (χ0) is 32.6. The van der Waals surface area contributed by atoms with Crippen molar-refractivity contribution >= 4 is 28.7 Å². The van der Waals surface area contributed by atoms with E-state index in [0.717, 1.165) is 56.5 Å². The maximum atomic E-state index is 13.0. The Hall–Kier alpha value is -4.66. The minimum atomic E-state index is -0.0632. The number of aryl methyl sites for hydroxylation is 1. The van der Waals surface area contributed by atoms with Gasteiger partial charge in [0.2, 0.25) is 0 Å². The molecule has 0 aliphatic carbocycles. The zero-order valence-corrected chi connectivity index (χ0v) is 27.5. The Morgan fingerprint density at radius 1 is 0.830 bits per heavy atom. The first-order valence-electron chi connectivity index (χ1n) is 16.9. The summed E-state index contributed by atoms with van der Waals surface area (Å²) in [5, 5.41) is 0.612. The van der Waals surface area contributed by atoms with E-state index in [4.69, 9.17) is 14.2 Å². The van der Waals surface area contributed by atoms with Crippen molar-refractivity contribution in [1.29, 1.82) is 0 Å². The van der Waals surface area contributed by atoms with Gasteiger partial charge in [0, 0.05) is 18.8 Å². The van der Waals surface area contributed by atoms with Crippen molar-refractivity contribution in [2.24, 2.45) is 4.99 Å². The summed E-state index contributed by atoms with van der Waals surface area (Å²) in [6, 6.07) is 18.8. The number of hydrogen-bond acceptors (Lipinski definition) is 7. The Morgan fingerprint density at radius 3 is 2.28 bits per heavy atom. The normalized spacial score (nSPS) is 15.4. The van der Waals surface area contributed by atoms with Gasteiger partial charge in [-0.3, -0.25) is 19.1 Å². The highest BCUT2D eigenvalue weighted by atomic mass is 16.5. The second-order valence-electron chi connectivity index (χ2n) is 12.3. The van der Waals surface area contributed by atoms with E-state index in [0.29, 0.717) is 52.7 Å². The number of methoxy groups -OCH3 is 1. The molecular weight excluding hydrogens is 592 g/mol. The lowest BCUT2D eigenvalue weighted by atomic mass is 10.1. The maximum Gasteiger partial charge on any atom is 0.265 e. The van der Waals surface area contributed by atoms with Crippen LogP contribution in [0.4, 0.5) is 5.69 Å². The molecule has 1 amide bonds. The third-order valence-electron chi connectivity index (χ3n) is 9.06.